The average molecular weight is 373 g/mol. The third-order valence-electron chi connectivity index (χ3n) is 4.97. The Bertz CT molecular complexity index is 1010. The standard InChI is InChI=1S/C24H21ClN2/c1-18-17-19(2)27(26-18)24(20-11-5-3-6-12-20,21-13-7-4-8-14-21)22-15-9-10-16-23(22)25/h3-17H,1-2H3. The van der Waals surface area contributed by atoms with Gasteiger partial charge in [0, 0.05) is 16.3 Å². The molecule has 0 aliphatic rings. The molecule has 0 bridgehead atoms. The van der Waals surface area contributed by atoms with Gasteiger partial charge in [0.05, 0.1) is 5.69 Å². The van der Waals surface area contributed by atoms with Crippen molar-refractivity contribution in [2.24, 2.45) is 0 Å². The summed E-state index contributed by atoms with van der Waals surface area (Å²) < 4.78 is 2.11. The maximum absolute atomic E-state index is 6.78. The van der Waals surface area contributed by atoms with Gasteiger partial charge in [0.25, 0.3) is 0 Å². The van der Waals surface area contributed by atoms with Crippen LogP contribution in [0.25, 0.3) is 0 Å². The van der Waals surface area contributed by atoms with Gasteiger partial charge in [0.1, 0.15) is 5.54 Å². The fourth-order valence-corrected chi connectivity index (χ4v) is 4.19. The van der Waals surface area contributed by atoms with E-state index in [0.29, 0.717) is 0 Å². The van der Waals surface area contributed by atoms with Crippen molar-refractivity contribution >= 4 is 11.6 Å². The number of aromatic nitrogens is 2. The molecule has 0 aliphatic carbocycles. The van der Waals surface area contributed by atoms with Gasteiger partial charge in [0.15, 0.2) is 0 Å². The number of hydrogen-bond donors (Lipinski definition) is 0. The molecule has 4 rings (SSSR count). The normalized spacial score (nSPS) is 11.5. The minimum Gasteiger partial charge on any atom is -0.250 e. The zero-order valence-electron chi connectivity index (χ0n) is 15.4. The van der Waals surface area contributed by atoms with Gasteiger partial charge in [-0.25, -0.2) is 4.68 Å². The molecule has 0 N–H and O–H groups in total. The minimum atomic E-state index is -0.654. The van der Waals surface area contributed by atoms with Crippen LogP contribution in [0.3, 0.4) is 0 Å². The van der Waals surface area contributed by atoms with E-state index >= 15 is 0 Å². The lowest BCUT2D eigenvalue weighted by Gasteiger charge is -2.37. The summed E-state index contributed by atoms with van der Waals surface area (Å²) in [6, 6.07) is 31.1. The van der Waals surface area contributed by atoms with Gasteiger partial charge in [-0.2, -0.15) is 5.10 Å². The molecule has 134 valence electrons. The van der Waals surface area contributed by atoms with Gasteiger partial charge in [-0.15, -0.1) is 0 Å². The maximum Gasteiger partial charge on any atom is 0.139 e. The second kappa shape index (κ2) is 7.05. The molecule has 27 heavy (non-hydrogen) atoms. The molecule has 1 heterocycles. The van der Waals surface area contributed by atoms with Crippen LogP contribution in [0.1, 0.15) is 28.1 Å². The van der Waals surface area contributed by atoms with Gasteiger partial charge in [0.2, 0.25) is 0 Å². The van der Waals surface area contributed by atoms with Gasteiger partial charge in [-0.1, -0.05) is 90.5 Å². The summed E-state index contributed by atoms with van der Waals surface area (Å²) in [4.78, 5) is 0. The van der Waals surface area contributed by atoms with Crippen molar-refractivity contribution in [2.45, 2.75) is 19.4 Å². The third kappa shape index (κ3) is 2.87. The highest BCUT2D eigenvalue weighted by atomic mass is 35.5. The number of benzene rings is 3. The Balaban J connectivity index is 2.20. The lowest BCUT2D eigenvalue weighted by molar-refractivity contribution is 0.447. The largest absolute Gasteiger partial charge is 0.250 e. The van der Waals surface area contributed by atoms with Crippen molar-refractivity contribution in [1.82, 2.24) is 9.78 Å². The van der Waals surface area contributed by atoms with Crippen molar-refractivity contribution in [3.63, 3.8) is 0 Å². The predicted molar refractivity (Wildman–Crippen MR) is 111 cm³/mol. The molecule has 1 aromatic heterocycles. The fourth-order valence-electron chi connectivity index (χ4n) is 3.92. The SMILES string of the molecule is Cc1cc(C)n(C(c2ccccc2)(c2ccccc2)c2ccccc2Cl)n1. The Labute approximate surface area is 165 Å². The van der Waals surface area contributed by atoms with E-state index in [1.165, 1.54) is 0 Å². The van der Waals surface area contributed by atoms with Crippen LogP contribution >= 0.6 is 11.6 Å². The summed E-state index contributed by atoms with van der Waals surface area (Å²) in [7, 11) is 0. The molecule has 4 aromatic rings. The molecule has 0 aliphatic heterocycles. The number of nitrogens with zero attached hydrogens (tertiary/aromatic N) is 2. The van der Waals surface area contributed by atoms with E-state index in [-0.39, 0.29) is 0 Å². The second-order valence-corrected chi connectivity index (χ2v) is 7.17. The highest BCUT2D eigenvalue weighted by Crippen LogP contribution is 2.43. The van der Waals surface area contributed by atoms with E-state index < -0.39 is 5.54 Å². The van der Waals surface area contributed by atoms with Crippen molar-refractivity contribution in [1.29, 1.82) is 0 Å². The van der Waals surface area contributed by atoms with Gasteiger partial charge >= 0.3 is 0 Å². The number of halogens is 1. The average Bonchev–Trinajstić information content (AvgIpc) is 3.04. The van der Waals surface area contributed by atoms with Gasteiger partial charge in [-0.05, 0) is 37.1 Å². The molecule has 2 nitrogen and oxygen atoms in total. The predicted octanol–water partition coefficient (Wildman–Crippen LogP) is 5.99. The number of rotatable bonds is 4. The first kappa shape index (κ1) is 17.6. The van der Waals surface area contributed by atoms with Crippen LogP contribution in [0.4, 0.5) is 0 Å². The molecule has 3 heteroatoms. The van der Waals surface area contributed by atoms with E-state index in [1.54, 1.807) is 0 Å². The summed E-state index contributed by atoms with van der Waals surface area (Å²) in [6.07, 6.45) is 0. The molecule has 0 atom stereocenters. The monoisotopic (exact) mass is 372 g/mol. The molecular weight excluding hydrogens is 352 g/mol. The van der Waals surface area contributed by atoms with Gasteiger partial charge in [-0.3, -0.25) is 0 Å². The maximum atomic E-state index is 6.78. The lowest BCUT2D eigenvalue weighted by atomic mass is 9.77. The van der Waals surface area contributed by atoms with Crippen molar-refractivity contribution in [2.75, 3.05) is 0 Å². The summed E-state index contributed by atoms with van der Waals surface area (Å²) in [5, 5.41) is 5.63. The van der Waals surface area contributed by atoms with Crippen LogP contribution in [0.5, 0.6) is 0 Å². The highest BCUT2D eigenvalue weighted by molar-refractivity contribution is 6.31. The Morgan fingerprint density at radius 2 is 1.26 bits per heavy atom. The summed E-state index contributed by atoms with van der Waals surface area (Å²) >= 11 is 6.78. The Morgan fingerprint density at radius 1 is 0.741 bits per heavy atom. The molecule has 3 aromatic carbocycles. The molecule has 0 spiro atoms. The fraction of sp³-hybridized carbons (Fsp3) is 0.125. The second-order valence-electron chi connectivity index (χ2n) is 6.76. The molecule has 0 unspecified atom stereocenters. The number of aryl methyl sites for hydroxylation is 2. The van der Waals surface area contributed by atoms with E-state index in [2.05, 4.69) is 72.3 Å². The minimum absolute atomic E-state index is 0.654. The zero-order valence-corrected chi connectivity index (χ0v) is 16.2. The van der Waals surface area contributed by atoms with Crippen LogP contribution in [0.15, 0.2) is 91.0 Å². The molecule has 0 saturated heterocycles. The first-order valence-electron chi connectivity index (χ1n) is 9.04. The molecule has 0 saturated carbocycles. The molecule has 0 fully saturated rings. The Hall–Kier alpha value is -2.84. The summed E-state index contributed by atoms with van der Waals surface area (Å²) in [5.41, 5.74) is 4.66. The van der Waals surface area contributed by atoms with Crippen LogP contribution < -0.4 is 0 Å². The van der Waals surface area contributed by atoms with E-state index in [4.69, 9.17) is 16.7 Å². The molecule has 0 amide bonds. The Morgan fingerprint density at radius 3 is 1.74 bits per heavy atom. The van der Waals surface area contributed by atoms with Gasteiger partial charge < -0.3 is 0 Å². The third-order valence-corrected chi connectivity index (χ3v) is 5.30. The zero-order chi connectivity index (χ0) is 18.9. The van der Waals surface area contributed by atoms with Crippen LogP contribution in [0.2, 0.25) is 5.02 Å². The first-order valence-corrected chi connectivity index (χ1v) is 9.41. The number of hydrogen-bond acceptors (Lipinski definition) is 1. The Kier molecular flexibility index (Phi) is 4.59. The van der Waals surface area contributed by atoms with Crippen molar-refractivity contribution in [3.05, 3.63) is 124 Å². The topological polar surface area (TPSA) is 17.8 Å². The summed E-state index contributed by atoms with van der Waals surface area (Å²) in [6.45, 7) is 4.12. The highest BCUT2D eigenvalue weighted by Gasteiger charge is 2.41. The van der Waals surface area contributed by atoms with Crippen LogP contribution in [-0.4, -0.2) is 9.78 Å². The smallest absolute Gasteiger partial charge is 0.139 e. The van der Waals surface area contributed by atoms with Crippen molar-refractivity contribution < 1.29 is 0 Å². The van der Waals surface area contributed by atoms with Crippen LogP contribution in [0, 0.1) is 13.8 Å². The quantitative estimate of drug-likeness (QED) is 0.402. The molecular formula is C24H21ClN2. The van der Waals surface area contributed by atoms with Crippen LogP contribution in [-0.2, 0) is 5.54 Å². The van der Waals surface area contributed by atoms with Crippen molar-refractivity contribution in [3.8, 4) is 0 Å². The molecule has 0 radical (unpaired) electrons. The summed E-state index contributed by atoms with van der Waals surface area (Å²) in [5.74, 6) is 0. The first-order chi connectivity index (χ1) is 13.1. The van der Waals surface area contributed by atoms with E-state index in [0.717, 1.165) is 33.1 Å². The van der Waals surface area contributed by atoms with E-state index in [1.807, 2.05) is 37.3 Å². The van der Waals surface area contributed by atoms with E-state index in [9.17, 15) is 0 Å². The lowest BCUT2D eigenvalue weighted by Crippen LogP contribution is -2.39.